The van der Waals surface area contributed by atoms with Gasteiger partial charge in [0.15, 0.2) is 0 Å². The largest absolute Gasteiger partial charge is 0.469 e. The van der Waals surface area contributed by atoms with E-state index in [1.165, 1.54) is 336 Å². The standard InChI is InChI=1S/C114H54O12/c1-121-49(115)31-37-7-19-43(20-8-37)109-95-85-75-65-60-55-56-58-59-57(55)62-68-66(60)76(75)86-88-78(68)80-70(62)72-64(59)74-73-63(58)71-69-61(56)67(65)77-79(69)89-91-81(71)83(73)93-94-84(74)82(72)92-90(80)100-98(88)110(96(86)95,44-21-9-38(10-22-44)32-50(116)122-2)106-105(109)107-111(99(89)97(109)87(77)85,45-23-11-39(12-24-45)33-51(117)123-3)101(91)103(93)113(47-27-15-41(16-28-47)35-53(119)125-5)104(94)102(92)112(100,46-25-13-40(14-26-46)34-52(118)124-4)108(106)114(107,113)48-29-17-42(18-30-48)36-54(120)126-6/h7-30H,31-36H2,1-6H3. The summed E-state index contributed by atoms with van der Waals surface area (Å²) in [7, 11) is 8.85. The van der Waals surface area contributed by atoms with Crippen molar-refractivity contribution in [3.63, 3.8) is 0 Å². The minimum atomic E-state index is -1.41. The lowest BCUT2D eigenvalue weighted by Gasteiger charge is -2.67. The second-order valence-corrected chi connectivity index (χ2v) is 39.4. The predicted molar refractivity (Wildman–Crippen MR) is 486 cm³/mol. The lowest BCUT2D eigenvalue weighted by atomic mass is 9.33. The van der Waals surface area contributed by atoms with E-state index in [-0.39, 0.29) is 74.3 Å². The van der Waals surface area contributed by atoms with Crippen molar-refractivity contribution in [2.45, 2.75) is 71.0 Å². The van der Waals surface area contributed by atoms with Gasteiger partial charge in [0.25, 0.3) is 0 Å². The van der Waals surface area contributed by atoms with Gasteiger partial charge >= 0.3 is 35.8 Å². The van der Waals surface area contributed by atoms with Crippen LogP contribution in [-0.2, 0) is 128 Å². The van der Waals surface area contributed by atoms with Crippen LogP contribution >= 0.6 is 0 Å². The molecule has 0 aromatic heterocycles. The summed E-state index contributed by atoms with van der Waals surface area (Å²) in [5, 5.41) is 55.3. The fourth-order valence-electron chi connectivity index (χ4n) is 34.2. The average molecular weight is 1620 g/mol. The highest BCUT2D eigenvalue weighted by atomic mass is 16.5. The number of benzene rings is 21. The minimum absolute atomic E-state index is 0.0328. The van der Waals surface area contributed by atoms with E-state index in [1.807, 2.05) is 0 Å². The zero-order valence-electron chi connectivity index (χ0n) is 68.0. The number of methoxy groups -OCH3 is 6. The van der Waals surface area contributed by atoms with Crippen molar-refractivity contribution in [1.29, 1.82) is 0 Å². The van der Waals surface area contributed by atoms with E-state index < -0.39 is 32.5 Å². The van der Waals surface area contributed by atoms with E-state index in [1.54, 1.807) is 0 Å². The Labute approximate surface area is 707 Å². The zero-order valence-corrected chi connectivity index (χ0v) is 68.0. The maximum Gasteiger partial charge on any atom is 0.309 e. The first kappa shape index (κ1) is 62.3. The molecule has 12 nitrogen and oxygen atoms in total. The van der Waals surface area contributed by atoms with Crippen molar-refractivity contribution in [2.75, 3.05) is 42.7 Å². The van der Waals surface area contributed by atoms with E-state index in [4.69, 9.17) is 28.4 Å². The van der Waals surface area contributed by atoms with Gasteiger partial charge in [-0.05, 0) is 360 Å². The highest BCUT2D eigenvalue weighted by Gasteiger charge is 2.87. The molecule has 12 heteroatoms. The van der Waals surface area contributed by atoms with Crippen molar-refractivity contribution in [2.24, 2.45) is 0 Å². The van der Waals surface area contributed by atoms with Crippen LogP contribution in [0.3, 0.4) is 0 Å². The van der Waals surface area contributed by atoms with Crippen LogP contribution in [0.15, 0.2) is 168 Å². The first-order valence-electron chi connectivity index (χ1n) is 44.1. The fourth-order valence-corrected chi connectivity index (χ4v) is 34.2. The lowest BCUT2D eigenvalue weighted by Crippen LogP contribution is -2.66. The van der Waals surface area contributed by atoms with Crippen molar-refractivity contribution in [3.8, 4) is 0 Å². The molecule has 582 valence electrons. The molecule has 4 atom stereocenters. The Morgan fingerprint density at radius 3 is 0.508 bits per heavy atom. The first-order chi connectivity index (χ1) is 61.8. The molecule has 4 unspecified atom stereocenters. The molecule has 0 aliphatic heterocycles. The van der Waals surface area contributed by atoms with Crippen LogP contribution in [0.5, 0.6) is 0 Å². The Balaban J connectivity index is 0.907. The van der Waals surface area contributed by atoms with Crippen molar-refractivity contribution < 1.29 is 57.2 Å². The third kappa shape index (κ3) is 4.83. The Kier molecular flexibility index (Phi) is 8.69. The zero-order chi connectivity index (χ0) is 82.0. The monoisotopic (exact) mass is 1610 g/mol. The van der Waals surface area contributed by atoms with Crippen LogP contribution in [0.2, 0.25) is 0 Å². The van der Waals surface area contributed by atoms with Crippen LogP contribution in [-0.4, -0.2) is 78.5 Å². The van der Waals surface area contributed by atoms with E-state index >= 15 is 0 Å². The van der Waals surface area contributed by atoms with Gasteiger partial charge in [-0.15, -0.1) is 0 Å². The molecule has 0 fully saturated rings. The highest BCUT2D eigenvalue weighted by Crippen LogP contribution is 2.95. The molecule has 38 rings (SSSR count). The van der Waals surface area contributed by atoms with Crippen LogP contribution in [0.25, 0.3) is 215 Å². The summed E-state index contributed by atoms with van der Waals surface area (Å²) in [4.78, 5) is 84.9. The summed E-state index contributed by atoms with van der Waals surface area (Å²) < 4.78 is 33.6. The van der Waals surface area contributed by atoms with E-state index in [2.05, 4.69) is 146 Å². The molecule has 11 aliphatic carbocycles. The SMILES string of the molecule is COC(=O)Cc1ccc(C23C4=C5C6(c7ccc(CC(=O)OC)cc7)c7c2c2c8c3c3c9c%10c%11c%12c%13c%14c%15c%16c%17c%18c(c6c6c7c7c2c2c%19c8c9c8c9c%10c%13c%10c%13c%14c%17c%14c%17c%18c6c6c7c2c2c(c%198)c(c9%10)c(c%13%14)c2c6%17)C%16(c2ccc(CC(=O)OC)cc2)C5(c2ccc(CC(=O)OC)cc2)C(=C4C3%11c2ccc(CC(=O)OC)cc2)C%12%15c2ccc(CC(=O)OC)cc2)cc1. The van der Waals surface area contributed by atoms with Crippen molar-refractivity contribution in [1.82, 2.24) is 0 Å². The number of carbonyl (C=O) groups is 6. The number of allylic oxidation sites excluding steroid dienone is 4. The normalized spacial score (nSPS) is 22.7. The average Bonchev–Trinajstić information content (AvgIpc) is 1.36. The summed E-state index contributed by atoms with van der Waals surface area (Å²) in [6.07, 6.45) is 0.363. The smallest absolute Gasteiger partial charge is 0.309 e. The minimum Gasteiger partial charge on any atom is -0.469 e. The molecule has 11 aliphatic rings. The summed E-state index contributed by atoms with van der Waals surface area (Å²) in [5.41, 5.74) is 22.4. The summed E-state index contributed by atoms with van der Waals surface area (Å²) >= 11 is 0. The van der Waals surface area contributed by atoms with Crippen LogP contribution in [0.4, 0.5) is 0 Å². The predicted octanol–water partition coefficient (Wildman–Crippen LogP) is 20.8. The second-order valence-electron chi connectivity index (χ2n) is 39.4. The molecule has 0 saturated carbocycles. The van der Waals surface area contributed by atoms with Gasteiger partial charge in [-0.2, -0.15) is 0 Å². The molecule has 27 aromatic carbocycles. The summed E-state index contributed by atoms with van der Waals surface area (Å²) in [6.45, 7) is 0. The Bertz CT molecular complexity index is 9740. The number of carbonyl (C=O) groups excluding carboxylic acids is 6. The molecule has 0 saturated heterocycles. The van der Waals surface area contributed by atoms with Crippen molar-refractivity contribution in [3.05, 3.63) is 290 Å². The summed E-state index contributed by atoms with van der Waals surface area (Å²) in [6, 6.07) is 56.1. The lowest BCUT2D eigenvalue weighted by molar-refractivity contribution is -0.140. The van der Waals surface area contributed by atoms with Gasteiger partial charge < -0.3 is 28.4 Å². The third-order valence-corrected chi connectivity index (χ3v) is 36.6. The number of esters is 6. The maximum atomic E-state index is 14.3. The number of ether oxygens (including phenoxy) is 6. The van der Waals surface area contributed by atoms with Gasteiger partial charge in [0.2, 0.25) is 0 Å². The molecule has 27 aromatic rings. The van der Waals surface area contributed by atoms with Crippen LogP contribution in [0, 0.1) is 0 Å². The molecule has 0 heterocycles. The van der Waals surface area contributed by atoms with E-state index in [9.17, 15) is 28.8 Å². The maximum absolute atomic E-state index is 14.3. The molecule has 0 N–H and O–H groups in total. The van der Waals surface area contributed by atoms with Gasteiger partial charge in [-0.25, -0.2) is 0 Å². The van der Waals surface area contributed by atoms with Gasteiger partial charge in [-0.1, -0.05) is 146 Å². The Hall–Kier alpha value is -14.9. The summed E-state index contributed by atoms with van der Waals surface area (Å²) in [5.74, 6) is -1.97. The number of hydrogen-bond acceptors (Lipinski definition) is 12. The molecule has 0 amide bonds. The molecule has 0 spiro atoms. The van der Waals surface area contributed by atoms with Gasteiger partial charge in [-0.3, -0.25) is 28.8 Å². The van der Waals surface area contributed by atoms with Crippen LogP contribution in [0.1, 0.15) is 122 Å². The quantitative estimate of drug-likeness (QED) is 0.0455. The molecular formula is C114H54O12. The highest BCUT2D eigenvalue weighted by molar-refractivity contribution is 6.77. The molecule has 0 radical (unpaired) electrons. The van der Waals surface area contributed by atoms with E-state index in [0.717, 1.165) is 66.8 Å². The first-order valence-corrected chi connectivity index (χ1v) is 44.1. The molecular weight excluding hydrogens is 1560 g/mol. The van der Waals surface area contributed by atoms with Crippen molar-refractivity contribution >= 4 is 251 Å². The number of hydrogen-bond donors (Lipinski definition) is 0. The molecule has 126 heavy (non-hydrogen) atoms. The van der Waals surface area contributed by atoms with Gasteiger partial charge in [0, 0.05) is 0 Å². The van der Waals surface area contributed by atoms with E-state index in [0.29, 0.717) is 0 Å². The third-order valence-electron chi connectivity index (χ3n) is 36.6. The Morgan fingerprint density at radius 1 is 0.175 bits per heavy atom. The topological polar surface area (TPSA) is 158 Å². The Morgan fingerprint density at radius 2 is 0.317 bits per heavy atom. The fraction of sp³-hybridized carbons (Fsp3) is 0.158. The number of rotatable bonds is 18. The van der Waals surface area contributed by atoms with Gasteiger partial charge in [0.05, 0.1) is 114 Å². The second kappa shape index (κ2) is 17.6. The van der Waals surface area contributed by atoms with Crippen LogP contribution < -0.4 is 0 Å². The van der Waals surface area contributed by atoms with Gasteiger partial charge in [0.1, 0.15) is 0 Å². The molecule has 0 bridgehead atoms.